The number of aromatic carboxylic acids is 1. The van der Waals surface area contributed by atoms with E-state index in [2.05, 4.69) is 31.6 Å². The van der Waals surface area contributed by atoms with Crippen LogP contribution in [0.1, 0.15) is 32.5 Å². The molecule has 3 heterocycles. The Kier molecular flexibility index (Phi) is 3.90. The smallest absolute Gasteiger partial charge is 0.373 e. The Morgan fingerprint density at radius 1 is 1.40 bits per heavy atom. The Bertz CT molecular complexity index is 899. The van der Waals surface area contributed by atoms with Gasteiger partial charge < -0.3 is 9.84 Å². The van der Waals surface area contributed by atoms with E-state index in [9.17, 15) is 9.59 Å². The van der Waals surface area contributed by atoms with Crippen molar-refractivity contribution >= 4 is 34.7 Å². The summed E-state index contributed by atoms with van der Waals surface area (Å²) in [6.07, 6.45) is 7.23. The summed E-state index contributed by atoms with van der Waals surface area (Å²) in [5, 5.41) is 19.4. The average molecular weight is 359 g/mol. The predicted molar refractivity (Wildman–Crippen MR) is 88.4 cm³/mol. The lowest BCUT2D eigenvalue weighted by Crippen LogP contribution is -2.15. The molecule has 128 valence electrons. The molecule has 2 aliphatic rings. The van der Waals surface area contributed by atoms with E-state index in [-0.39, 0.29) is 23.6 Å². The number of nitrogens with zero attached hydrogens (tertiary/aromatic N) is 3. The molecule has 9 nitrogen and oxygen atoms in total. The summed E-state index contributed by atoms with van der Waals surface area (Å²) in [7, 11) is 0. The number of carboxylic acids is 1. The van der Waals surface area contributed by atoms with Gasteiger partial charge in [0.15, 0.2) is 0 Å². The standard InChI is InChI=1S/C15H13N5O4S/c21-12(18-15-17-11(14(22)23)19-20-15)9-6-25-13(16-9)8-1-2-10-7(5-8)3-4-24-10/h1-2,5-7,10H,3-4H2,(H,22,23)(H2,17,18,19,20,21). The Hall–Kier alpha value is -2.85. The van der Waals surface area contributed by atoms with E-state index in [1.165, 1.54) is 11.3 Å². The first-order valence-electron chi connectivity index (χ1n) is 7.55. The molecule has 1 aliphatic heterocycles. The highest BCUT2D eigenvalue weighted by Gasteiger charge is 2.28. The van der Waals surface area contributed by atoms with Gasteiger partial charge in [0.2, 0.25) is 11.8 Å². The van der Waals surface area contributed by atoms with Gasteiger partial charge in [0.1, 0.15) is 10.7 Å². The molecule has 1 saturated heterocycles. The van der Waals surface area contributed by atoms with Gasteiger partial charge in [-0.2, -0.15) is 4.98 Å². The molecule has 0 saturated carbocycles. The number of allylic oxidation sites excluding steroid dienone is 2. The minimum atomic E-state index is -1.26. The number of ether oxygens (including phenoxy) is 1. The van der Waals surface area contributed by atoms with Crippen LogP contribution in [0, 0.1) is 5.92 Å². The van der Waals surface area contributed by atoms with Gasteiger partial charge in [0.25, 0.3) is 5.91 Å². The summed E-state index contributed by atoms with van der Waals surface area (Å²) in [5.74, 6) is -1.86. The second-order valence-electron chi connectivity index (χ2n) is 5.57. The molecule has 0 aromatic carbocycles. The molecule has 2 unspecified atom stereocenters. The van der Waals surface area contributed by atoms with Crippen LogP contribution in [-0.4, -0.2) is 49.9 Å². The molecular weight excluding hydrogens is 346 g/mol. The number of hydrogen-bond donors (Lipinski definition) is 3. The first kappa shape index (κ1) is 15.7. The monoisotopic (exact) mass is 359 g/mol. The van der Waals surface area contributed by atoms with Crippen LogP contribution in [0.25, 0.3) is 5.57 Å². The first-order valence-corrected chi connectivity index (χ1v) is 8.42. The number of aromatic amines is 1. The predicted octanol–water partition coefficient (Wildman–Crippen LogP) is 1.57. The Morgan fingerprint density at radius 3 is 3.08 bits per heavy atom. The van der Waals surface area contributed by atoms with Crippen LogP contribution in [0.5, 0.6) is 0 Å². The number of carbonyl (C=O) groups excluding carboxylic acids is 1. The number of nitrogens with one attached hydrogen (secondary N) is 2. The quantitative estimate of drug-likeness (QED) is 0.755. The number of rotatable bonds is 4. The van der Waals surface area contributed by atoms with Gasteiger partial charge in [-0.1, -0.05) is 18.2 Å². The number of amides is 1. The largest absolute Gasteiger partial charge is 0.475 e. The zero-order chi connectivity index (χ0) is 17.4. The van der Waals surface area contributed by atoms with Gasteiger partial charge in [-0.3, -0.25) is 15.2 Å². The van der Waals surface area contributed by atoms with E-state index in [4.69, 9.17) is 9.84 Å². The van der Waals surface area contributed by atoms with Crippen LogP contribution < -0.4 is 5.32 Å². The van der Waals surface area contributed by atoms with Gasteiger partial charge in [-0.25, -0.2) is 9.78 Å². The SMILES string of the molecule is O=C(Nc1n[nH]c(C(=O)O)n1)c1csc(C2=CC3CCOC3C=C2)n1. The lowest BCUT2D eigenvalue weighted by atomic mass is 9.93. The Balaban J connectivity index is 1.48. The third-order valence-electron chi connectivity index (χ3n) is 3.94. The molecule has 4 rings (SSSR count). The summed E-state index contributed by atoms with van der Waals surface area (Å²) < 4.78 is 5.60. The second-order valence-corrected chi connectivity index (χ2v) is 6.43. The highest BCUT2D eigenvalue weighted by Crippen LogP contribution is 2.33. The maximum atomic E-state index is 12.2. The topological polar surface area (TPSA) is 130 Å². The Labute approximate surface area is 145 Å². The van der Waals surface area contributed by atoms with Gasteiger partial charge in [0, 0.05) is 23.5 Å². The van der Waals surface area contributed by atoms with Crippen molar-refractivity contribution in [3.63, 3.8) is 0 Å². The summed E-state index contributed by atoms with van der Waals surface area (Å²) in [6, 6.07) is 0. The maximum Gasteiger partial charge on any atom is 0.373 e. The zero-order valence-corrected chi connectivity index (χ0v) is 13.6. The molecule has 25 heavy (non-hydrogen) atoms. The highest BCUT2D eigenvalue weighted by molar-refractivity contribution is 7.11. The van der Waals surface area contributed by atoms with Gasteiger partial charge in [-0.15, -0.1) is 16.4 Å². The minimum Gasteiger partial charge on any atom is -0.475 e. The molecule has 0 bridgehead atoms. The molecule has 1 amide bonds. The van der Waals surface area contributed by atoms with Crippen LogP contribution in [0.3, 0.4) is 0 Å². The molecule has 2 aromatic rings. The van der Waals surface area contributed by atoms with Crippen molar-refractivity contribution in [3.05, 3.63) is 40.1 Å². The van der Waals surface area contributed by atoms with E-state index >= 15 is 0 Å². The van der Waals surface area contributed by atoms with Crippen molar-refractivity contribution in [1.82, 2.24) is 20.2 Å². The Morgan fingerprint density at radius 2 is 2.28 bits per heavy atom. The van der Waals surface area contributed by atoms with E-state index in [1.807, 2.05) is 12.2 Å². The lowest BCUT2D eigenvalue weighted by Gasteiger charge is -2.16. The number of fused-ring (bicyclic) bond motifs is 1. The van der Waals surface area contributed by atoms with Crippen molar-refractivity contribution < 1.29 is 19.4 Å². The second kappa shape index (κ2) is 6.22. The van der Waals surface area contributed by atoms with E-state index in [0.717, 1.165) is 23.6 Å². The fourth-order valence-corrected chi connectivity index (χ4v) is 3.53. The summed E-state index contributed by atoms with van der Waals surface area (Å²) in [5.41, 5.74) is 1.20. The normalized spacial score (nSPS) is 21.7. The van der Waals surface area contributed by atoms with Crippen molar-refractivity contribution in [2.45, 2.75) is 12.5 Å². The number of aromatic nitrogens is 4. The third-order valence-corrected chi connectivity index (χ3v) is 4.83. The van der Waals surface area contributed by atoms with E-state index in [1.54, 1.807) is 5.38 Å². The molecule has 1 fully saturated rings. The number of carboxylic acid groups (broad SMARTS) is 1. The number of H-pyrrole nitrogens is 1. The average Bonchev–Trinajstić information content (AvgIpc) is 3.33. The summed E-state index contributed by atoms with van der Waals surface area (Å²) in [4.78, 5) is 31.0. The van der Waals surface area contributed by atoms with Crippen molar-refractivity contribution in [2.75, 3.05) is 11.9 Å². The highest BCUT2D eigenvalue weighted by atomic mass is 32.1. The van der Waals surface area contributed by atoms with Crippen LogP contribution in [0.4, 0.5) is 5.95 Å². The van der Waals surface area contributed by atoms with E-state index in [0.29, 0.717) is 5.92 Å². The molecule has 3 N–H and O–H groups in total. The lowest BCUT2D eigenvalue weighted by molar-refractivity contribution is 0.0683. The zero-order valence-electron chi connectivity index (χ0n) is 12.8. The van der Waals surface area contributed by atoms with Crippen LogP contribution in [-0.2, 0) is 4.74 Å². The molecule has 2 atom stereocenters. The van der Waals surface area contributed by atoms with Crippen LogP contribution in [0.15, 0.2) is 23.6 Å². The molecule has 0 radical (unpaired) electrons. The number of anilines is 1. The molecule has 0 spiro atoms. The summed E-state index contributed by atoms with van der Waals surface area (Å²) in [6.45, 7) is 0.754. The number of hydrogen-bond acceptors (Lipinski definition) is 7. The fourth-order valence-electron chi connectivity index (χ4n) is 2.72. The molecule has 10 heteroatoms. The van der Waals surface area contributed by atoms with Gasteiger partial charge in [0.05, 0.1) is 6.10 Å². The van der Waals surface area contributed by atoms with E-state index < -0.39 is 11.9 Å². The van der Waals surface area contributed by atoms with Gasteiger partial charge in [-0.05, 0) is 6.42 Å². The number of thiazole rings is 1. The molecular formula is C15H13N5O4S. The van der Waals surface area contributed by atoms with Crippen molar-refractivity contribution in [2.24, 2.45) is 5.92 Å². The molecule has 1 aliphatic carbocycles. The van der Waals surface area contributed by atoms with Gasteiger partial charge >= 0.3 is 5.97 Å². The van der Waals surface area contributed by atoms with Crippen LogP contribution >= 0.6 is 11.3 Å². The summed E-state index contributed by atoms with van der Waals surface area (Å²) >= 11 is 1.36. The molecule has 2 aromatic heterocycles. The van der Waals surface area contributed by atoms with Crippen molar-refractivity contribution in [3.8, 4) is 0 Å². The maximum absolute atomic E-state index is 12.2. The number of carbonyl (C=O) groups is 2. The fraction of sp³-hybridized carbons (Fsp3) is 0.267. The minimum absolute atomic E-state index is 0.111. The first-order chi connectivity index (χ1) is 12.1. The van der Waals surface area contributed by atoms with Crippen LogP contribution in [0.2, 0.25) is 0 Å². The third kappa shape index (κ3) is 3.08. The van der Waals surface area contributed by atoms with Crippen molar-refractivity contribution in [1.29, 1.82) is 0 Å².